The largest absolute Gasteiger partial charge is 0.369 e. The first-order valence-electron chi connectivity index (χ1n) is 8.27. The standard InChI is InChI=1S/C19H21N3OS/c1-2-8-20-16(5-1)15-23-18-12-21(14-19-7-4-10-24-19)11-17-6-3-9-22(17)13-18/h1-10,18H,11-15H2/t18-/m0/s1. The minimum atomic E-state index is 0.167. The monoisotopic (exact) mass is 339 g/mol. The lowest BCUT2D eigenvalue weighted by Gasteiger charge is -2.23. The Morgan fingerprint density at radius 3 is 2.96 bits per heavy atom. The molecule has 1 aliphatic heterocycles. The zero-order valence-corrected chi connectivity index (χ0v) is 14.4. The second kappa shape index (κ2) is 7.30. The van der Waals surface area contributed by atoms with Crippen LogP contribution >= 0.6 is 11.3 Å². The van der Waals surface area contributed by atoms with Gasteiger partial charge in [-0.2, -0.15) is 0 Å². The summed E-state index contributed by atoms with van der Waals surface area (Å²) in [5.41, 5.74) is 2.34. The molecule has 0 aromatic carbocycles. The number of fused-ring (bicyclic) bond motifs is 1. The maximum atomic E-state index is 6.20. The van der Waals surface area contributed by atoms with E-state index in [-0.39, 0.29) is 6.10 Å². The zero-order valence-electron chi connectivity index (χ0n) is 13.5. The van der Waals surface area contributed by atoms with Gasteiger partial charge in [0.1, 0.15) is 0 Å². The van der Waals surface area contributed by atoms with Crippen molar-refractivity contribution in [3.8, 4) is 0 Å². The fraction of sp³-hybridized carbons (Fsp3) is 0.316. The molecule has 3 aromatic heterocycles. The summed E-state index contributed by atoms with van der Waals surface area (Å²) in [6.07, 6.45) is 4.14. The molecule has 1 atom stereocenters. The van der Waals surface area contributed by atoms with Gasteiger partial charge in [-0.1, -0.05) is 12.1 Å². The molecular weight excluding hydrogens is 318 g/mol. The molecule has 4 rings (SSSR count). The van der Waals surface area contributed by atoms with Gasteiger partial charge in [-0.3, -0.25) is 9.88 Å². The first-order valence-corrected chi connectivity index (χ1v) is 9.15. The molecule has 0 unspecified atom stereocenters. The number of aromatic nitrogens is 2. The number of hydrogen-bond donors (Lipinski definition) is 0. The van der Waals surface area contributed by atoms with Crippen molar-refractivity contribution in [1.82, 2.24) is 14.5 Å². The molecule has 0 spiro atoms. The van der Waals surface area contributed by atoms with Gasteiger partial charge < -0.3 is 9.30 Å². The number of nitrogens with zero attached hydrogens (tertiary/aromatic N) is 3. The van der Waals surface area contributed by atoms with Gasteiger partial charge in [-0.05, 0) is 35.7 Å². The zero-order chi connectivity index (χ0) is 16.2. The van der Waals surface area contributed by atoms with Gasteiger partial charge in [-0.25, -0.2) is 0 Å². The van der Waals surface area contributed by atoms with Gasteiger partial charge in [0, 0.05) is 49.1 Å². The Hall–Kier alpha value is -1.95. The lowest BCUT2D eigenvalue weighted by molar-refractivity contribution is 0.00742. The van der Waals surface area contributed by atoms with E-state index in [1.807, 2.05) is 35.7 Å². The smallest absolute Gasteiger partial charge is 0.0893 e. The summed E-state index contributed by atoms with van der Waals surface area (Å²) in [5.74, 6) is 0. The predicted octanol–water partition coefficient (Wildman–Crippen LogP) is 3.55. The van der Waals surface area contributed by atoms with E-state index in [4.69, 9.17) is 4.74 Å². The third-order valence-corrected chi connectivity index (χ3v) is 5.19. The molecule has 0 bridgehead atoms. The molecular formula is C19H21N3OS. The van der Waals surface area contributed by atoms with Gasteiger partial charge in [0.05, 0.1) is 18.4 Å². The first-order chi connectivity index (χ1) is 11.9. The van der Waals surface area contributed by atoms with E-state index in [0.717, 1.165) is 31.9 Å². The van der Waals surface area contributed by atoms with Gasteiger partial charge >= 0.3 is 0 Å². The predicted molar refractivity (Wildman–Crippen MR) is 95.7 cm³/mol. The van der Waals surface area contributed by atoms with E-state index in [1.165, 1.54) is 10.6 Å². The van der Waals surface area contributed by atoms with Gasteiger partial charge in [0.25, 0.3) is 0 Å². The number of rotatable bonds is 5. The van der Waals surface area contributed by atoms with Crippen molar-refractivity contribution in [3.05, 3.63) is 76.5 Å². The average molecular weight is 339 g/mol. The van der Waals surface area contributed by atoms with Crippen LogP contribution in [0.1, 0.15) is 16.3 Å². The molecule has 0 radical (unpaired) electrons. The van der Waals surface area contributed by atoms with E-state index in [2.05, 4.69) is 50.3 Å². The Morgan fingerprint density at radius 2 is 2.12 bits per heavy atom. The summed E-state index contributed by atoms with van der Waals surface area (Å²) in [5, 5.41) is 2.14. The van der Waals surface area contributed by atoms with E-state index >= 15 is 0 Å². The number of thiophene rings is 1. The van der Waals surface area contributed by atoms with Crippen molar-refractivity contribution >= 4 is 11.3 Å². The maximum Gasteiger partial charge on any atom is 0.0893 e. The van der Waals surface area contributed by atoms with Crippen LogP contribution in [0.25, 0.3) is 0 Å². The molecule has 4 nitrogen and oxygen atoms in total. The average Bonchev–Trinajstić information content (AvgIpc) is 3.23. The van der Waals surface area contributed by atoms with Crippen molar-refractivity contribution in [2.45, 2.75) is 32.3 Å². The lowest BCUT2D eigenvalue weighted by Crippen LogP contribution is -2.32. The van der Waals surface area contributed by atoms with Crippen molar-refractivity contribution in [1.29, 1.82) is 0 Å². The van der Waals surface area contributed by atoms with E-state index in [9.17, 15) is 0 Å². The SMILES string of the molecule is c1ccc(CO[C@H]2CN(Cc3cccs3)Cc3cccn3C2)nc1. The van der Waals surface area contributed by atoms with Crippen LogP contribution in [0.5, 0.6) is 0 Å². The van der Waals surface area contributed by atoms with Crippen molar-refractivity contribution in [2.24, 2.45) is 0 Å². The number of hydrogen-bond acceptors (Lipinski definition) is 4. The molecule has 0 aliphatic carbocycles. The molecule has 0 saturated heterocycles. The molecule has 0 N–H and O–H groups in total. The molecule has 24 heavy (non-hydrogen) atoms. The Labute approximate surface area is 146 Å². The second-order valence-corrected chi connectivity index (χ2v) is 7.19. The van der Waals surface area contributed by atoms with E-state index in [1.54, 1.807) is 0 Å². The highest BCUT2D eigenvalue weighted by Gasteiger charge is 2.22. The summed E-state index contributed by atoms with van der Waals surface area (Å²) in [6.45, 7) is 4.35. The highest BCUT2D eigenvalue weighted by atomic mass is 32.1. The normalized spacial score (nSPS) is 18.2. The summed E-state index contributed by atoms with van der Waals surface area (Å²) in [6, 6.07) is 14.6. The molecule has 0 amide bonds. The molecule has 1 aliphatic rings. The molecule has 124 valence electrons. The van der Waals surface area contributed by atoms with Gasteiger partial charge in [0.15, 0.2) is 0 Å². The Kier molecular flexibility index (Phi) is 4.74. The van der Waals surface area contributed by atoms with Crippen LogP contribution in [-0.2, 0) is 31.0 Å². The minimum absolute atomic E-state index is 0.167. The fourth-order valence-corrected chi connectivity index (χ4v) is 3.91. The molecule has 0 saturated carbocycles. The van der Waals surface area contributed by atoms with E-state index < -0.39 is 0 Å². The Balaban J connectivity index is 1.46. The quantitative estimate of drug-likeness (QED) is 0.712. The van der Waals surface area contributed by atoms with Crippen molar-refractivity contribution in [3.63, 3.8) is 0 Å². The van der Waals surface area contributed by atoms with Crippen LogP contribution in [-0.4, -0.2) is 27.1 Å². The highest BCUT2D eigenvalue weighted by Crippen LogP contribution is 2.20. The lowest BCUT2D eigenvalue weighted by atomic mass is 10.3. The maximum absolute atomic E-state index is 6.20. The van der Waals surface area contributed by atoms with Crippen LogP contribution in [0.4, 0.5) is 0 Å². The second-order valence-electron chi connectivity index (χ2n) is 6.15. The summed E-state index contributed by atoms with van der Waals surface area (Å²) >= 11 is 1.82. The third-order valence-electron chi connectivity index (χ3n) is 4.32. The first kappa shape index (κ1) is 15.6. The highest BCUT2D eigenvalue weighted by molar-refractivity contribution is 7.09. The van der Waals surface area contributed by atoms with Gasteiger partial charge in [0.2, 0.25) is 0 Å². The topological polar surface area (TPSA) is 30.3 Å². The van der Waals surface area contributed by atoms with Crippen LogP contribution in [0.3, 0.4) is 0 Å². The van der Waals surface area contributed by atoms with Crippen LogP contribution in [0.2, 0.25) is 0 Å². The Bertz CT molecular complexity index is 754. The molecule has 5 heteroatoms. The van der Waals surface area contributed by atoms with Crippen LogP contribution in [0.15, 0.2) is 60.2 Å². The molecule has 3 aromatic rings. The molecule has 0 fully saturated rings. The summed E-state index contributed by atoms with van der Waals surface area (Å²) in [7, 11) is 0. The van der Waals surface area contributed by atoms with Crippen LogP contribution < -0.4 is 0 Å². The summed E-state index contributed by atoms with van der Waals surface area (Å²) < 4.78 is 8.52. The van der Waals surface area contributed by atoms with Crippen molar-refractivity contribution in [2.75, 3.05) is 6.54 Å². The van der Waals surface area contributed by atoms with Crippen molar-refractivity contribution < 1.29 is 4.74 Å². The summed E-state index contributed by atoms with van der Waals surface area (Å²) in [4.78, 5) is 8.24. The minimum Gasteiger partial charge on any atom is -0.369 e. The van der Waals surface area contributed by atoms with Gasteiger partial charge in [-0.15, -0.1) is 11.3 Å². The number of ether oxygens (including phenoxy) is 1. The molecule has 4 heterocycles. The Morgan fingerprint density at radius 1 is 1.12 bits per heavy atom. The fourth-order valence-electron chi connectivity index (χ4n) is 3.17. The van der Waals surface area contributed by atoms with E-state index in [0.29, 0.717) is 6.61 Å². The van der Waals surface area contributed by atoms with Crippen LogP contribution in [0, 0.1) is 0 Å². The number of pyridine rings is 1. The third kappa shape index (κ3) is 3.75.